The minimum absolute atomic E-state index is 0.00291. The van der Waals surface area contributed by atoms with Gasteiger partial charge in [0.05, 0.1) is 11.7 Å². The Morgan fingerprint density at radius 3 is 2.34 bits per heavy atom. The number of rotatable bonds is 5. The van der Waals surface area contributed by atoms with Crippen LogP contribution < -0.4 is 16.0 Å². The van der Waals surface area contributed by atoms with Gasteiger partial charge in [-0.15, -0.1) is 0 Å². The van der Waals surface area contributed by atoms with Gasteiger partial charge in [-0.3, -0.25) is 4.90 Å². The molecule has 1 aliphatic rings. The summed E-state index contributed by atoms with van der Waals surface area (Å²) in [5.74, 6) is 1.61. The third-order valence-electron chi connectivity index (χ3n) is 5.16. The molecule has 0 amide bonds. The van der Waals surface area contributed by atoms with Gasteiger partial charge in [0.2, 0.25) is 11.9 Å². The molecule has 0 aliphatic carbocycles. The fraction of sp³-hybridized carbons (Fsp3) is 0.286. The van der Waals surface area contributed by atoms with Crippen LogP contribution in [0.15, 0.2) is 54.6 Å². The molecule has 0 saturated carbocycles. The Hall–Kier alpha value is -3.39. The minimum Gasteiger partial charge on any atom is -0.506 e. The van der Waals surface area contributed by atoms with Gasteiger partial charge in [0.25, 0.3) is 0 Å². The number of benzene rings is 2. The number of aromatic nitrogens is 3. The average Bonchev–Trinajstić information content (AvgIpc) is 2.74. The number of nitrogens with one attached hydrogen (secondary N) is 1. The van der Waals surface area contributed by atoms with Crippen molar-refractivity contribution in [2.24, 2.45) is 0 Å². The zero-order valence-electron chi connectivity index (χ0n) is 16.4. The lowest BCUT2D eigenvalue weighted by molar-refractivity contribution is 0.191. The Morgan fingerprint density at radius 2 is 1.62 bits per heavy atom. The van der Waals surface area contributed by atoms with E-state index in [9.17, 15) is 5.11 Å². The van der Waals surface area contributed by atoms with Crippen molar-refractivity contribution in [3.63, 3.8) is 0 Å². The zero-order valence-corrected chi connectivity index (χ0v) is 16.4. The monoisotopic (exact) mass is 391 g/mol. The number of nitrogen functional groups attached to an aromatic ring is 1. The van der Waals surface area contributed by atoms with Gasteiger partial charge in [-0.1, -0.05) is 30.3 Å². The molecule has 8 nitrogen and oxygen atoms in total. The highest BCUT2D eigenvalue weighted by Gasteiger charge is 2.25. The fourth-order valence-electron chi connectivity index (χ4n) is 3.55. The molecule has 29 heavy (non-hydrogen) atoms. The maximum atomic E-state index is 10.1. The van der Waals surface area contributed by atoms with Gasteiger partial charge in [-0.05, 0) is 31.2 Å². The molecular weight excluding hydrogens is 366 g/mol. The molecule has 1 unspecified atom stereocenters. The zero-order chi connectivity index (χ0) is 20.2. The summed E-state index contributed by atoms with van der Waals surface area (Å²) in [6.45, 7) is 5.39. The summed E-state index contributed by atoms with van der Waals surface area (Å²) < 4.78 is 0. The molecule has 3 aromatic rings. The summed E-state index contributed by atoms with van der Waals surface area (Å²) in [5, 5.41) is 13.3. The summed E-state index contributed by atoms with van der Waals surface area (Å²) in [6, 6.07) is 17.2. The summed E-state index contributed by atoms with van der Waals surface area (Å²) >= 11 is 0. The van der Waals surface area contributed by atoms with E-state index in [-0.39, 0.29) is 12.0 Å². The quantitative estimate of drug-likeness (QED) is 0.610. The highest BCUT2D eigenvalue weighted by Crippen LogP contribution is 2.29. The number of anilines is 4. The van der Waals surface area contributed by atoms with Crippen molar-refractivity contribution in [1.82, 2.24) is 19.9 Å². The number of hydrogen-bond donors (Lipinski definition) is 3. The van der Waals surface area contributed by atoms with Gasteiger partial charge in [-0.25, -0.2) is 0 Å². The molecule has 1 saturated heterocycles. The van der Waals surface area contributed by atoms with E-state index in [1.165, 1.54) is 0 Å². The predicted molar refractivity (Wildman–Crippen MR) is 114 cm³/mol. The summed E-state index contributed by atoms with van der Waals surface area (Å²) in [7, 11) is 0. The maximum Gasteiger partial charge on any atom is 0.232 e. The maximum absolute atomic E-state index is 10.1. The van der Waals surface area contributed by atoms with E-state index in [1.54, 1.807) is 6.07 Å². The second-order valence-electron chi connectivity index (χ2n) is 7.05. The second-order valence-corrected chi connectivity index (χ2v) is 7.05. The Labute approximate surface area is 170 Å². The van der Waals surface area contributed by atoms with Crippen molar-refractivity contribution in [3.8, 4) is 5.75 Å². The lowest BCUT2D eigenvalue weighted by Gasteiger charge is -2.38. The first-order valence-electron chi connectivity index (χ1n) is 9.70. The van der Waals surface area contributed by atoms with Gasteiger partial charge in [0, 0.05) is 31.9 Å². The average molecular weight is 391 g/mol. The first-order chi connectivity index (χ1) is 14.1. The molecule has 0 bridgehead atoms. The molecule has 1 aromatic heterocycles. The van der Waals surface area contributed by atoms with Crippen LogP contribution in [0.1, 0.15) is 18.8 Å². The number of aromatic hydroxyl groups is 1. The van der Waals surface area contributed by atoms with Crippen LogP contribution in [0.25, 0.3) is 0 Å². The third-order valence-corrected chi connectivity index (χ3v) is 5.16. The Balaban J connectivity index is 1.45. The van der Waals surface area contributed by atoms with Crippen molar-refractivity contribution in [1.29, 1.82) is 0 Å². The van der Waals surface area contributed by atoms with Crippen molar-refractivity contribution in [3.05, 3.63) is 60.4 Å². The van der Waals surface area contributed by atoms with Crippen LogP contribution in [0.5, 0.6) is 5.75 Å². The van der Waals surface area contributed by atoms with E-state index in [0.717, 1.165) is 37.6 Å². The fourth-order valence-corrected chi connectivity index (χ4v) is 3.55. The molecule has 4 N–H and O–H groups in total. The van der Waals surface area contributed by atoms with Crippen molar-refractivity contribution >= 4 is 23.3 Å². The number of phenolic OH excluding ortho intramolecular Hbond substituents is 1. The minimum atomic E-state index is 0.00291. The highest BCUT2D eigenvalue weighted by atomic mass is 16.3. The molecule has 1 aliphatic heterocycles. The summed E-state index contributed by atoms with van der Waals surface area (Å²) in [6.07, 6.45) is 0. The van der Waals surface area contributed by atoms with Crippen LogP contribution in [0.2, 0.25) is 0 Å². The standard InChI is InChI=1S/C21H25N7O/c1-15(27-11-13-28(14-12-27)17-9-5-6-10-18(17)29)19-24-20(22)26-21(25-19)23-16-7-3-2-4-8-16/h2-10,15,29H,11-14H2,1H3,(H3,22,23,24,25,26). The summed E-state index contributed by atoms with van der Waals surface area (Å²) in [4.78, 5) is 17.7. The molecule has 4 rings (SSSR count). The van der Waals surface area contributed by atoms with E-state index in [0.29, 0.717) is 17.5 Å². The number of para-hydroxylation sites is 3. The lowest BCUT2D eigenvalue weighted by Crippen LogP contribution is -2.47. The molecule has 0 spiro atoms. The van der Waals surface area contributed by atoms with Crippen LogP contribution in [-0.4, -0.2) is 51.1 Å². The van der Waals surface area contributed by atoms with E-state index in [4.69, 9.17) is 5.73 Å². The van der Waals surface area contributed by atoms with Crippen LogP contribution >= 0.6 is 0 Å². The van der Waals surface area contributed by atoms with E-state index < -0.39 is 0 Å². The highest BCUT2D eigenvalue weighted by molar-refractivity contribution is 5.58. The number of hydrogen-bond acceptors (Lipinski definition) is 8. The number of nitrogens with two attached hydrogens (primary N) is 1. The van der Waals surface area contributed by atoms with E-state index >= 15 is 0 Å². The number of nitrogens with zero attached hydrogens (tertiary/aromatic N) is 5. The first-order valence-corrected chi connectivity index (χ1v) is 9.70. The van der Waals surface area contributed by atoms with Gasteiger partial charge in [0.1, 0.15) is 5.75 Å². The SMILES string of the molecule is CC(c1nc(N)nc(Nc2ccccc2)n1)N1CCN(c2ccccc2O)CC1. The number of piperazine rings is 1. The first kappa shape index (κ1) is 18.9. The molecule has 8 heteroatoms. The number of phenols is 1. The Morgan fingerprint density at radius 1 is 0.931 bits per heavy atom. The normalized spacial score (nSPS) is 15.8. The van der Waals surface area contributed by atoms with Crippen LogP contribution in [0.3, 0.4) is 0 Å². The van der Waals surface area contributed by atoms with Crippen molar-refractivity contribution in [2.45, 2.75) is 13.0 Å². The largest absolute Gasteiger partial charge is 0.506 e. The van der Waals surface area contributed by atoms with Crippen molar-refractivity contribution < 1.29 is 5.11 Å². The van der Waals surface area contributed by atoms with E-state index in [2.05, 4.69) is 37.0 Å². The molecule has 1 fully saturated rings. The van der Waals surface area contributed by atoms with Gasteiger partial charge in [-0.2, -0.15) is 15.0 Å². The lowest BCUT2D eigenvalue weighted by atomic mass is 10.2. The summed E-state index contributed by atoms with van der Waals surface area (Å²) in [5.41, 5.74) is 7.71. The van der Waals surface area contributed by atoms with Gasteiger partial charge in [0.15, 0.2) is 5.82 Å². The van der Waals surface area contributed by atoms with Gasteiger partial charge < -0.3 is 21.1 Å². The van der Waals surface area contributed by atoms with Crippen LogP contribution in [0, 0.1) is 0 Å². The van der Waals surface area contributed by atoms with E-state index in [1.807, 2.05) is 48.5 Å². The Kier molecular flexibility index (Phi) is 5.44. The van der Waals surface area contributed by atoms with Crippen LogP contribution in [0.4, 0.5) is 23.3 Å². The molecule has 150 valence electrons. The van der Waals surface area contributed by atoms with Crippen LogP contribution in [-0.2, 0) is 0 Å². The van der Waals surface area contributed by atoms with Gasteiger partial charge >= 0.3 is 0 Å². The predicted octanol–water partition coefficient (Wildman–Crippen LogP) is 2.79. The molecule has 2 aromatic carbocycles. The third kappa shape index (κ3) is 4.38. The molecule has 1 atom stereocenters. The molecular formula is C21H25N7O. The molecule has 0 radical (unpaired) electrons. The Bertz CT molecular complexity index is 958. The van der Waals surface area contributed by atoms with Crippen molar-refractivity contribution in [2.75, 3.05) is 42.1 Å². The second kappa shape index (κ2) is 8.32. The smallest absolute Gasteiger partial charge is 0.232 e. The topological polar surface area (TPSA) is 103 Å². The molecule has 2 heterocycles.